The van der Waals surface area contributed by atoms with Crippen LogP contribution in [-0.2, 0) is 4.79 Å². The van der Waals surface area contributed by atoms with Crippen molar-refractivity contribution < 1.29 is 4.79 Å². The van der Waals surface area contributed by atoms with Crippen LogP contribution in [0.1, 0.15) is 65.7 Å². The fourth-order valence-corrected chi connectivity index (χ4v) is 6.06. The molecule has 3 aliphatic rings. The summed E-state index contributed by atoms with van der Waals surface area (Å²) in [7, 11) is 0. The zero-order valence-electron chi connectivity index (χ0n) is 14.5. The third kappa shape index (κ3) is 1.95. The fourth-order valence-electron chi connectivity index (χ4n) is 6.06. The first-order valence-corrected chi connectivity index (χ1v) is 8.92. The molecule has 3 aliphatic carbocycles. The van der Waals surface area contributed by atoms with Gasteiger partial charge in [-0.25, -0.2) is 0 Å². The number of amides is 1. The third-order valence-corrected chi connectivity index (χ3v) is 7.58. The number of hydrogen-bond acceptors (Lipinski definition) is 1. The lowest BCUT2D eigenvalue weighted by molar-refractivity contribution is -0.139. The predicted octanol–water partition coefficient (Wildman–Crippen LogP) is 4.61. The number of carbonyl (C=O) groups is 1. The average molecular weight is 301 g/mol. The molecule has 2 heteroatoms. The van der Waals surface area contributed by atoms with E-state index in [1.807, 2.05) is 0 Å². The van der Waals surface area contributed by atoms with Gasteiger partial charge in [-0.1, -0.05) is 44.9 Å². The van der Waals surface area contributed by atoms with Gasteiger partial charge in [0.05, 0.1) is 0 Å². The van der Waals surface area contributed by atoms with Crippen LogP contribution in [0.4, 0.5) is 0 Å². The number of allylic oxidation sites excluding steroid dienone is 3. The Kier molecular flexibility index (Phi) is 3.58. The van der Waals surface area contributed by atoms with Gasteiger partial charge in [0.2, 0.25) is 5.91 Å². The second-order valence-electron chi connectivity index (χ2n) is 8.64. The largest absolute Gasteiger partial charge is 0.369 e. The average Bonchev–Trinajstić information content (AvgIpc) is 2.47. The first kappa shape index (κ1) is 15.8. The van der Waals surface area contributed by atoms with E-state index in [1.54, 1.807) is 5.57 Å². The van der Waals surface area contributed by atoms with Crippen molar-refractivity contribution in [3.05, 3.63) is 24.3 Å². The molecule has 22 heavy (non-hydrogen) atoms. The molecule has 0 saturated heterocycles. The summed E-state index contributed by atoms with van der Waals surface area (Å²) in [5.41, 5.74) is 7.49. The van der Waals surface area contributed by atoms with Crippen molar-refractivity contribution in [1.29, 1.82) is 0 Å². The predicted molar refractivity (Wildman–Crippen MR) is 91.1 cm³/mol. The highest BCUT2D eigenvalue weighted by Gasteiger charge is 2.58. The molecule has 5 atom stereocenters. The standard InChI is InChI=1S/C20H31NO/c1-5-18(2)11-6-8-15-14(18)9-10-16-19(15,3)12-7-13-20(16,4)17(21)22/h5,8,14,16H,1,6-7,9-13H2,2-4H3,(H2,21,22). The highest BCUT2D eigenvalue weighted by molar-refractivity contribution is 5.81. The Labute approximate surface area is 135 Å². The van der Waals surface area contributed by atoms with Crippen LogP contribution in [-0.4, -0.2) is 5.91 Å². The van der Waals surface area contributed by atoms with Crippen LogP contribution < -0.4 is 5.73 Å². The summed E-state index contributed by atoms with van der Waals surface area (Å²) in [6, 6.07) is 0. The molecule has 0 radical (unpaired) electrons. The number of carbonyl (C=O) groups excluding carboxylic acids is 1. The Balaban J connectivity index is 2.04. The highest BCUT2D eigenvalue weighted by Crippen LogP contribution is 2.65. The van der Waals surface area contributed by atoms with Crippen LogP contribution in [0.25, 0.3) is 0 Å². The molecule has 0 bridgehead atoms. The Morgan fingerprint density at radius 2 is 2.00 bits per heavy atom. The van der Waals surface area contributed by atoms with Crippen LogP contribution in [0.3, 0.4) is 0 Å². The summed E-state index contributed by atoms with van der Waals surface area (Å²) < 4.78 is 0. The lowest BCUT2D eigenvalue weighted by atomic mass is 9.44. The number of nitrogens with two attached hydrogens (primary N) is 1. The minimum atomic E-state index is -0.333. The van der Waals surface area contributed by atoms with Crippen molar-refractivity contribution >= 4 is 5.91 Å². The Hall–Kier alpha value is -1.05. The fraction of sp³-hybridized carbons (Fsp3) is 0.750. The molecule has 0 aromatic rings. The monoisotopic (exact) mass is 301 g/mol. The lowest BCUT2D eigenvalue weighted by Gasteiger charge is -2.59. The number of fused-ring (bicyclic) bond motifs is 3. The quantitative estimate of drug-likeness (QED) is 0.744. The van der Waals surface area contributed by atoms with Gasteiger partial charge in [0.1, 0.15) is 0 Å². The highest BCUT2D eigenvalue weighted by atomic mass is 16.1. The van der Waals surface area contributed by atoms with E-state index in [-0.39, 0.29) is 22.2 Å². The van der Waals surface area contributed by atoms with Crippen molar-refractivity contribution in [3.8, 4) is 0 Å². The van der Waals surface area contributed by atoms with Crippen LogP contribution >= 0.6 is 0 Å². The van der Waals surface area contributed by atoms with E-state index in [1.165, 1.54) is 19.3 Å². The second kappa shape index (κ2) is 4.97. The molecule has 0 heterocycles. The summed E-state index contributed by atoms with van der Waals surface area (Å²) >= 11 is 0. The van der Waals surface area contributed by atoms with Gasteiger partial charge in [-0.3, -0.25) is 4.79 Å². The SMILES string of the molecule is C=CC1(C)CCC=C2C1CCC1C(C)(C(N)=O)CCCC21C. The summed E-state index contributed by atoms with van der Waals surface area (Å²) in [6.45, 7) is 11.0. The Morgan fingerprint density at radius 1 is 1.27 bits per heavy atom. The molecule has 0 spiro atoms. The zero-order valence-corrected chi connectivity index (χ0v) is 14.5. The van der Waals surface area contributed by atoms with Crippen molar-refractivity contribution in [2.45, 2.75) is 65.7 Å². The maximum Gasteiger partial charge on any atom is 0.223 e. The molecule has 1 amide bonds. The molecule has 2 saturated carbocycles. The molecule has 3 rings (SSSR count). The van der Waals surface area contributed by atoms with Crippen LogP contribution in [0, 0.1) is 28.1 Å². The van der Waals surface area contributed by atoms with Gasteiger partial charge in [0.15, 0.2) is 0 Å². The van der Waals surface area contributed by atoms with Gasteiger partial charge < -0.3 is 5.73 Å². The zero-order chi connectivity index (χ0) is 16.2. The van der Waals surface area contributed by atoms with Crippen LogP contribution in [0.5, 0.6) is 0 Å². The first-order valence-electron chi connectivity index (χ1n) is 8.92. The van der Waals surface area contributed by atoms with Gasteiger partial charge in [0, 0.05) is 5.41 Å². The molecule has 2 nitrogen and oxygen atoms in total. The first-order chi connectivity index (χ1) is 10.3. The molecule has 2 fully saturated rings. The van der Waals surface area contributed by atoms with E-state index < -0.39 is 0 Å². The van der Waals surface area contributed by atoms with E-state index >= 15 is 0 Å². The smallest absolute Gasteiger partial charge is 0.223 e. The summed E-state index contributed by atoms with van der Waals surface area (Å²) in [5.74, 6) is 0.918. The summed E-state index contributed by atoms with van der Waals surface area (Å²) in [4.78, 5) is 12.2. The van der Waals surface area contributed by atoms with Crippen molar-refractivity contribution in [2.75, 3.05) is 0 Å². The number of hydrogen-bond donors (Lipinski definition) is 1. The number of primary amides is 1. The van der Waals surface area contributed by atoms with Crippen molar-refractivity contribution in [2.24, 2.45) is 33.8 Å². The Bertz CT molecular complexity index is 536. The minimum Gasteiger partial charge on any atom is -0.369 e. The molecule has 122 valence electrons. The molecular weight excluding hydrogens is 270 g/mol. The summed E-state index contributed by atoms with van der Waals surface area (Å²) in [5, 5.41) is 0. The van der Waals surface area contributed by atoms with Gasteiger partial charge in [0.25, 0.3) is 0 Å². The van der Waals surface area contributed by atoms with E-state index in [9.17, 15) is 4.79 Å². The van der Waals surface area contributed by atoms with E-state index in [0.717, 1.165) is 25.7 Å². The van der Waals surface area contributed by atoms with Gasteiger partial charge in [-0.15, -0.1) is 6.58 Å². The third-order valence-electron chi connectivity index (χ3n) is 7.58. The molecule has 2 N–H and O–H groups in total. The topological polar surface area (TPSA) is 43.1 Å². The van der Waals surface area contributed by atoms with Crippen molar-refractivity contribution in [1.82, 2.24) is 0 Å². The van der Waals surface area contributed by atoms with E-state index in [0.29, 0.717) is 11.8 Å². The van der Waals surface area contributed by atoms with Gasteiger partial charge in [-0.05, 0) is 61.2 Å². The van der Waals surface area contributed by atoms with Crippen LogP contribution in [0.2, 0.25) is 0 Å². The van der Waals surface area contributed by atoms with Crippen LogP contribution in [0.15, 0.2) is 24.3 Å². The summed E-state index contributed by atoms with van der Waals surface area (Å²) in [6.07, 6.45) is 12.6. The molecule has 5 unspecified atom stereocenters. The normalized spacial score (nSPS) is 47.9. The van der Waals surface area contributed by atoms with Gasteiger partial charge >= 0.3 is 0 Å². The maximum absolute atomic E-state index is 12.2. The number of rotatable bonds is 2. The molecule has 0 aromatic carbocycles. The molecule has 0 aromatic heterocycles. The Morgan fingerprint density at radius 3 is 2.64 bits per heavy atom. The van der Waals surface area contributed by atoms with Crippen molar-refractivity contribution in [3.63, 3.8) is 0 Å². The maximum atomic E-state index is 12.2. The minimum absolute atomic E-state index is 0.0928. The molecule has 0 aliphatic heterocycles. The van der Waals surface area contributed by atoms with E-state index in [4.69, 9.17) is 5.73 Å². The lowest BCUT2D eigenvalue weighted by Crippen LogP contribution is -2.55. The van der Waals surface area contributed by atoms with E-state index in [2.05, 4.69) is 39.5 Å². The molecular formula is C20H31NO. The second-order valence-corrected chi connectivity index (χ2v) is 8.64. The van der Waals surface area contributed by atoms with Gasteiger partial charge in [-0.2, -0.15) is 0 Å².